The lowest BCUT2D eigenvalue weighted by Crippen LogP contribution is -2.04. The number of carboxylic acids is 1. The standard InChI is InChI=1S/C7H5ClN2O4/c8-6-1-4(2-7(11)12)5(3-9-6)10(13)14/h1,3H,2H2,(H,11,12). The molecule has 0 amide bonds. The Morgan fingerprint density at radius 2 is 2.36 bits per heavy atom. The van der Waals surface area contributed by atoms with Gasteiger partial charge in [-0.15, -0.1) is 0 Å². The molecule has 0 aliphatic rings. The lowest BCUT2D eigenvalue weighted by atomic mass is 10.2. The Labute approximate surface area is 83.3 Å². The number of hydrogen-bond donors (Lipinski definition) is 1. The topological polar surface area (TPSA) is 93.3 Å². The smallest absolute Gasteiger partial charge is 0.308 e. The number of nitro groups is 1. The van der Waals surface area contributed by atoms with Crippen molar-refractivity contribution >= 4 is 23.3 Å². The molecule has 6 nitrogen and oxygen atoms in total. The summed E-state index contributed by atoms with van der Waals surface area (Å²) in [6.07, 6.45) is 0.499. The van der Waals surface area contributed by atoms with Crippen molar-refractivity contribution in [2.45, 2.75) is 6.42 Å². The molecule has 0 fully saturated rings. The number of rotatable bonds is 3. The maximum Gasteiger partial charge on any atom is 0.308 e. The van der Waals surface area contributed by atoms with E-state index in [1.54, 1.807) is 0 Å². The third-order valence-electron chi connectivity index (χ3n) is 1.47. The lowest BCUT2D eigenvalue weighted by molar-refractivity contribution is -0.385. The molecule has 1 N–H and O–H groups in total. The zero-order chi connectivity index (χ0) is 10.7. The molecule has 1 heterocycles. The minimum atomic E-state index is -1.16. The van der Waals surface area contributed by atoms with Crippen molar-refractivity contribution in [3.05, 3.63) is 33.1 Å². The van der Waals surface area contributed by atoms with Crippen LogP contribution in [0.1, 0.15) is 5.56 Å². The summed E-state index contributed by atoms with van der Waals surface area (Å²) in [5.74, 6) is -1.16. The molecule has 0 saturated heterocycles. The van der Waals surface area contributed by atoms with Gasteiger partial charge in [0.15, 0.2) is 0 Å². The largest absolute Gasteiger partial charge is 0.481 e. The van der Waals surface area contributed by atoms with Gasteiger partial charge in [-0.3, -0.25) is 14.9 Å². The van der Waals surface area contributed by atoms with E-state index in [0.29, 0.717) is 0 Å². The predicted molar refractivity (Wildman–Crippen MR) is 47.2 cm³/mol. The maximum absolute atomic E-state index is 10.4. The first-order valence-electron chi connectivity index (χ1n) is 3.51. The van der Waals surface area contributed by atoms with Crippen LogP contribution >= 0.6 is 11.6 Å². The summed E-state index contributed by atoms with van der Waals surface area (Å²) in [5.41, 5.74) is -0.292. The number of carbonyl (C=O) groups is 1. The molecule has 0 atom stereocenters. The molecule has 0 aromatic carbocycles. The van der Waals surface area contributed by atoms with Crippen LogP contribution in [0.25, 0.3) is 0 Å². The zero-order valence-corrected chi connectivity index (χ0v) is 7.56. The number of aliphatic carboxylic acids is 1. The third-order valence-corrected chi connectivity index (χ3v) is 1.68. The number of halogens is 1. The fourth-order valence-electron chi connectivity index (χ4n) is 0.930. The zero-order valence-electron chi connectivity index (χ0n) is 6.81. The predicted octanol–water partition coefficient (Wildman–Crippen LogP) is 1.27. The summed E-state index contributed by atoms with van der Waals surface area (Å²) in [6.45, 7) is 0. The molecule has 0 bridgehead atoms. The van der Waals surface area contributed by atoms with Crippen LogP contribution in [0.3, 0.4) is 0 Å². The van der Waals surface area contributed by atoms with E-state index in [-0.39, 0.29) is 16.4 Å². The van der Waals surface area contributed by atoms with Crippen molar-refractivity contribution in [1.29, 1.82) is 0 Å². The normalized spacial score (nSPS) is 9.79. The minimum Gasteiger partial charge on any atom is -0.481 e. The fraction of sp³-hybridized carbons (Fsp3) is 0.143. The van der Waals surface area contributed by atoms with Crippen molar-refractivity contribution in [2.24, 2.45) is 0 Å². The molecule has 74 valence electrons. The molecule has 0 spiro atoms. The van der Waals surface area contributed by atoms with Crippen molar-refractivity contribution in [3.63, 3.8) is 0 Å². The molecule has 0 saturated carbocycles. The van der Waals surface area contributed by atoms with Crippen LogP contribution in [0, 0.1) is 10.1 Å². The van der Waals surface area contributed by atoms with Crippen LogP contribution in [0.15, 0.2) is 12.3 Å². The molecule has 1 aromatic heterocycles. The van der Waals surface area contributed by atoms with Crippen molar-refractivity contribution in [2.75, 3.05) is 0 Å². The van der Waals surface area contributed by atoms with E-state index in [1.165, 1.54) is 6.07 Å². The first-order chi connectivity index (χ1) is 6.50. The second-order valence-corrected chi connectivity index (χ2v) is 2.85. The molecular formula is C7H5ClN2O4. The first-order valence-corrected chi connectivity index (χ1v) is 3.89. The van der Waals surface area contributed by atoms with E-state index in [1.807, 2.05) is 0 Å². The highest BCUT2D eigenvalue weighted by atomic mass is 35.5. The van der Waals surface area contributed by atoms with Gasteiger partial charge < -0.3 is 5.11 Å². The highest BCUT2D eigenvalue weighted by molar-refractivity contribution is 6.29. The Bertz CT molecular complexity index is 393. The quantitative estimate of drug-likeness (QED) is 0.467. The Morgan fingerprint density at radius 3 is 2.86 bits per heavy atom. The Hall–Kier alpha value is -1.69. The molecule has 7 heteroatoms. The summed E-state index contributed by atoms with van der Waals surface area (Å²) in [6, 6.07) is 1.17. The lowest BCUT2D eigenvalue weighted by Gasteiger charge is -1.99. The first kappa shape index (κ1) is 10.4. The molecule has 0 aliphatic carbocycles. The van der Waals surface area contributed by atoms with E-state index in [2.05, 4.69) is 4.98 Å². The molecule has 0 unspecified atom stereocenters. The molecule has 0 aliphatic heterocycles. The van der Waals surface area contributed by atoms with Gasteiger partial charge in [-0.1, -0.05) is 11.6 Å². The third kappa shape index (κ3) is 2.40. The van der Waals surface area contributed by atoms with E-state index < -0.39 is 17.3 Å². The second-order valence-electron chi connectivity index (χ2n) is 2.46. The molecule has 1 aromatic rings. The van der Waals surface area contributed by atoms with Gasteiger partial charge in [0, 0.05) is 5.56 Å². The highest BCUT2D eigenvalue weighted by Crippen LogP contribution is 2.20. The Morgan fingerprint density at radius 1 is 1.71 bits per heavy atom. The summed E-state index contributed by atoms with van der Waals surface area (Å²) >= 11 is 5.48. The van der Waals surface area contributed by atoms with E-state index in [9.17, 15) is 14.9 Å². The van der Waals surface area contributed by atoms with Gasteiger partial charge >= 0.3 is 5.97 Å². The summed E-state index contributed by atoms with van der Waals surface area (Å²) in [4.78, 5) is 23.6. The monoisotopic (exact) mass is 216 g/mol. The van der Waals surface area contributed by atoms with Crippen LogP contribution in [0.4, 0.5) is 5.69 Å². The second kappa shape index (κ2) is 4.01. The SMILES string of the molecule is O=C(O)Cc1cc(Cl)ncc1[N+](=O)[O-]. The van der Waals surface area contributed by atoms with Gasteiger partial charge in [-0.25, -0.2) is 4.98 Å². The fourth-order valence-corrected chi connectivity index (χ4v) is 1.11. The van der Waals surface area contributed by atoms with Crippen LogP contribution in [-0.4, -0.2) is 21.0 Å². The van der Waals surface area contributed by atoms with Gasteiger partial charge in [0.25, 0.3) is 5.69 Å². The van der Waals surface area contributed by atoms with Gasteiger partial charge in [0.1, 0.15) is 11.3 Å². The van der Waals surface area contributed by atoms with Crippen molar-refractivity contribution < 1.29 is 14.8 Å². The average molecular weight is 217 g/mol. The van der Waals surface area contributed by atoms with E-state index >= 15 is 0 Å². The molecule has 14 heavy (non-hydrogen) atoms. The number of aromatic nitrogens is 1. The Balaban J connectivity index is 3.15. The van der Waals surface area contributed by atoms with Crippen LogP contribution in [0.2, 0.25) is 5.15 Å². The van der Waals surface area contributed by atoms with Crippen molar-refractivity contribution in [1.82, 2.24) is 4.98 Å². The molecule has 1 rings (SSSR count). The van der Waals surface area contributed by atoms with Crippen molar-refractivity contribution in [3.8, 4) is 0 Å². The van der Waals surface area contributed by atoms with Gasteiger partial charge in [-0.2, -0.15) is 0 Å². The van der Waals surface area contributed by atoms with E-state index in [0.717, 1.165) is 6.20 Å². The van der Waals surface area contributed by atoms with E-state index in [4.69, 9.17) is 16.7 Å². The number of pyridine rings is 1. The number of carboxylic acid groups (broad SMARTS) is 1. The van der Waals surface area contributed by atoms with Gasteiger partial charge in [0.2, 0.25) is 0 Å². The summed E-state index contributed by atoms with van der Waals surface area (Å²) < 4.78 is 0. The van der Waals surface area contributed by atoms with Crippen LogP contribution in [-0.2, 0) is 11.2 Å². The summed E-state index contributed by atoms with van der Waals surface area (Å²) in [5, 5.41) is 19.0. The van der Waals surface area contributed by atoms with Gasteiger partial charge in [0.05, 0.1) is 11.3 Å². The Kier molecular flexibility index (Phi) is 2.98. The van der Waals surface area contributed by atoms with Crippen LogP contribution < -0.4 is 0 Å². The average Bonchev–Trinajstić information content (AvgIpc) is 2.01. The summed E-state index contributed by atoms with van der Waals surface area (Å²) in [7, 11) is 0. The highest BCUT2D eigenvalue weighted by Gasteiger charge is 2.16. The van der Waals surface area contributed by atoms with Gasteiger partial charge in [-0.05, 0) is 6.07 Å². The molecular weight excluding hydrogens is 212 g/mol. The number of nitrogens with zero attached hydrogens (tertiary/aromatic N) is 2. The minimum absolute atomic E-state index is 0.0341. The van der Waals surface area contributed by atoms with Crippen LogP contribution in [0.5, 0.6) is 0 Å². The number of hydrogen-bond acceptors (Lipinski definition) is 4. The molecule has 0 radical (unpaired) electrons. The maximum atomic E-state index is 10.4.